The molecule has 148 valence electrons. The maximum atomic E-state index is 13.0. The summed E-state index contributed by atoms with van der Waals surface area (Å²) >= 11 is 0. The summed E-state index contributed by atoms with van der Waals surface area (Å²) in [5, 5.41) is 10.3. The summed E-state index contributed by atoms with van der Waals surface area (Å²) in [5.41, 5.74) is -0.729. The van der Waals surface area contributed by atoms with Gasteiger partial charge in [0.05, 0.1) is 11.1 Å². The average molecular weight is 393 g/mol. The van der Waals surface area contributed by atoms with Crippen LogP contribution in [0.5, 0.6) is 0 Å². The summed E-state index contributed by atoms with van der Waals surface area (Å²) in [4.78, 5) is 26.1. The summed E-state index contributed by atoms with van der Waals surface area (Å²) < 4.78 is 44.5. The molecule has 0 aliphatic carbocycles. The monoisotopic (exact) mass is 393 g/mol. The Morgan fingerprint density at radius 2 is 1.96 bits per heavy atom. The Balaban J connectivity index is 2.02. The van der Waals surface area contributed by atoms with E-state index >= 15 is 0 Å². The normalized spacial score (nSPS) is 17.5. The second kappa shape index (κ2) is 7.18. The van der Waals surface area contributed by atoms with Crippen molar-refractivity contribution in [3.63, 3.8) is 0 Å². The van der Waals surface area contributed by atoms with Gasteiger partial charge >= 0.3 is 6.18 Å². The fraction of sp³-hybridized carbons (Fsp3) is 0.300. The van der Waals surface area contributed by atoms with E-state index in [0.29, 0.717) is 5.76 Å². The fourth-order valence-corrected chi connectivity index (χ4v) is 3.23. The lowest BCUT2D eigenvalue weighted by Crippen LogP contribution is -2.30. The third-order valence-corrected chi connectivity index (χ3v) is 4.56. The lowest BCUT2D eigenvalue weighted by molar-refractivity contribution is -0.137. The molecule has 0 saturated carbocycles. The number of halogens is 3. The number of aliphatic hydroxyl groups is 1. The summed E-state index contributed by atoms with van der Waals surface area (Å²) in [6, 6.07) is 6.79. The van der Waals surface area contributed by atoms with Crippen molar-refractivity contribution in [1.29, 1.82) is 0 Å². The minimum absolute atomic E-state index is 0.0558. The van der Waals surface area contributed by atoms with Crippen LogP contribution in [0.25, 0.3) is 0 Å². The highest BCUT2D eigenvalue weighted by Crippen LogP contribution is 2.40. The zero-order chi connectivity index (χ0) is 20.6. The summed E-state index contributed by atoms with van der Waals surface area (Å²) in [7, 11) is 0. The van der Waals surface area contributed by atoms with Crippen molar-refractivity contribution < 1.29 is 32.3 Å². The van der Waals surface area contributed by atoms with E-state index in [1.807, 2.05) is 0 Å². The van der Waals surface area contributed by atoms with E-state index in [9.17, 15) is 27.9 Å². The number of carbonyl (C=O) groups excluding carboxylic acids is 2. The van der Waals surface area contributed by atoms with Gasteiger partial charge in [0.15, 0.2) is 11.5 Å². The predicted octanol–water partition coefficient (Wildman–Crippen LogP) is 4.48. The third kappa shape index (κ3) is 3.54. The number of hydrogen-bond donors (Lipinski definition) is 1. The molecule has 0 radical (unpaired) electrons. The Kier molecular flexibility index (Phi) is 5.06. The van der Waals surface area contributed by atoms with Gasteiger partial charge in [-0.05, 0) is 36.8 Å². The van der Waals surface area contributed by atoms with Crippen LogP contribution in [0.4, 0.5) is 13.2 Å². The van der Waals surface area contributed by atoms with Gasteiger partial charge in [-0.3, -0.25) is 9.59 Å². The number of aliphatic hydroxyl groups excluding tert-OH is 1. The van der Waals surface area contributed by atoms with Gasteiger partial charge in [0.1, 0.15) is 17.6 Å². The van der Waals surface area contributed by atoms with E-state index in [4.69, 9.17) is 4.42 Å². The molecule has 8 heteroatoms. The summed E-state index contributed by atoms with van der Waals surface area (Å²) in [6.45, 7) is 3.05. The largest absolute Gasteiger partial charge is 0.503 e. The van der Waals surface area contributed by atoms with Crippen LogP contribution in [-0.2, 0) is 22.3 Å². The Morgan fingerprint density at radius 1 is 1.25 bits per heavy atom. The second-order valence-electron chi connectivity index (χ2n) is 6.52. The van der Waals surface area contributed by atoms with Crippen LogP contribution in [0.15, 0.2) is 52.1 Å². The summed E-state index contributed by atoms with van der Waals surface area (Å²) in [6.07, 6.45) is -4.47. The number of Topliss-reactive ketones (excluding diaryl/α,β-unsaturated/α-hetero) is 1. The Hall–Kier alpha value is -3.03. The van der Waals surface area contributed by atoms with Gasteiger partial charge in [-0.1, -0.05) is 19.1 Å². The first-order chi connectivity index (χ1) is 13.1. The number of carbonyl (C=O) groups is 2. The topological polar surface area (TPSA) is 70.8 Å². The minimum atomic E-state index is -4.52. The molecule has 2 aromatic rings. The van der Waals surface area contributed by atoms with Gasteiger partial charge in [0, 0.05) is 13.0 Å². The molecule has 1 aliphatic rings. The van der Waals surface area contributed by atoms with Crippen LogP contribution in [0.2, 0.25) is 0 Å². The lowest BCUT2D eigenvalue weighted by atomic mass is 9.99. The average Bonchev–Trinajstić information content (AvgIpc) is 3.17. The molecule has 1 aliphatic heterocycles. The maximum Gasteiger partial charge on any atom is 0.416 e. The predicted molar refractivity (Wildman–Crippen MR) is 93.1 cm³/mol. The van der Waals surface area contributed by atoms with Crippen molar-refractivity contribution in [3.8, 4) is 0 Å². The van der Waals surface area contributed by atoms with E-state index < -0.39 is 35.2 Å². The van der Waals surface area contributed by atoms with Gasteiger partial charge in [-0.25, -0.2) is 0 Å². The molecule has 1 atom stereocenters. The molecule has 1 amide bonds. The van der Waals surface area contributed by atoms with Crippen LogP contribution < -0.4 is 0 Å². The van der Waals surface area contributed by atoms with Gasteiger partial charge in [-0.15, -0.1) is 0 Å². The summed E-state index contributed by atoms with van der Waals surface area (Å²) in [5.74, 6) is -1.16. The second-order valence-corrected chi connectivity index (χ2v) is 6.52. The number of rotatable bonds is 5. The first-order valence-electron chi connectivity index (χ1n) is 8.63. The van der Waals surface area contributed by atoms with E-state index in [0.717, 1.165) is 17.0 Å². The first kappa shape index (κ1) is 19.7. The Bertz CT molecular complexity index is 958. The van der Waals surface area contributed by atoms with Gasteiger partial charge in [0.25, 0.3) is 5.91 Å². The number of benzene rings is 1. The van der Waals surface area contributed by atoms with Crippen LogP contribution in [0.3, 0.4) is 0 Å². The standard InChI is InChI=1S/C20H18F3NO4/c1-3-14(25)16-17(15-8-7-11(2)28-15)24(19(27)18(16)26)10-12-5-4-6-13(9-12)20(21,22)23/h4-9,17,26H,3,10H2,1-2H3. The van der Waals surface area contributed by atoms with Gasteiger partial charge in [0.2, 0.25) is 0 Å². The molecule has 1 aromatic carbocycles. The van der Waals surface area contributed by atoms with E-state index in [-0.39, 0.29) is 29.9 Å². The van der Waals surface area contributed by atoms with Crippen molar-refractivity contribution in [2.75, 3.05) is 0 Å². The molecule has 1 N–H and O–H groups in total. The first-order valence-corrected chi connectivity index (χ1v) is 8.63. The third-order valence-electron chi connectivity index (χ3n) is 4.56. The Morgan fingerprint density at radius 3 is 2.54 bits per heavy atom. The number of ketones is 1. The SMILES string of the molecule is CCC(=O)C1=C(O)C(=O)N(Cc2cccc(C(F)(F)F)c2)C1c1ccc(C)o1. The molecular formula is C20H18F3NO4. The fourth-order valence-electron chi connectivity index (χ4n) is 3.23. The molecule has 0 spiro atoms. The number of amides is 1. The van der Waals surface area contributed by atoms with Gasteiger partial charge < -0.3 is 14.4 Å². The highest BCUT2D eigenvalue weighted by atomic mass is 19.4. The number of aryl methyl sites for hydroxylation is 1. The molecular weight excluding hydrogens is 375 g/mol. The Labute approximate surface area is 159 Å². The molecule has 1 aromatic heterocycles. The molecule has 5 nitrogen and oxygen atoms in total. The van der Waals surface area contributed by atoms with E-state index in [2.05, 4.69) is 0 Å². The van der Waals surface area contributed by atoms with Crippen molar-refractivity contribution in [3.05, 3.63) is 70.4 Å². The minimum Gasteiger partial charge on any atom is -0.503 e. The van der Waals surface area contributed by atoms with Crippen LogP contribution in [0, 0.1) is 6.92 Å². The lowest BCUT2D eigenvalue weighted by Gasteiger charge is -2.25. The highest BCUT2D eigenvalue weighted by Gasteiger charge is 2.44. The molecule has 28 heavy (non-hydrogen) atoms. The van der Waals surface area contributed by atoms with Crippen LogP contribution in [0.1, 0.15) is 42.0 Å². The molecule has 0 fully saturated rings. The number of nitrogens with zero attached hydrogens (tertiary/aromatic N) is 1. The molecule has 0 saturated heterocycles. The smallest absolute Gasteiger partial charge is 0.416 e. The number of furan rings is 1. The van der Waals surface area contributed by atoms with Crippen LogP contribution in [-0.4, -0.2) is 21.7 Å². The van der Waals surface area contributed by atoms with Crippen molar-refractivity contribution in [2.45, 2.75) is 39.0 Å². The quantitative estimate of drug-likeness (QED) is 0.813. The van der Waals surface area contributed by atoms with Crippen molar-refractivity contribution >= 4 is 11.7 Å². The molecule has 3 rings (SSSR count). The van der Waals surface area contributed by atoms with Gasteiger partial charge in [-0.2, -0.15) is 13.2 Å². The molecule has 1 unspecified atom stereocenters. The van der Waals surface area contributed by atoms with Crippen LogP contribution >= 0.6 is 0 Å². The van der Waals surface area contributed by atoms with Crippen molar-refractivity contribution in [2.24, 2.45) is 0 Å². The number of hydrogen-bond acceptors (Lipinski definition) is 4. The maximum absolute atomic E-state index is 13.0. The molecule has 0 bridgehead atoms. The van der Waals surface area contributed by atoms with E-state index in [1.165, 1.54) is 12.1 Å². The van der Waals surface area contributed by atoms with Crippen molar-refractivity contribution in [1.82, 2.24) is 4.90 Å². The molecule has 2 heterocycles. The zero-order valence-corrected chi connectivity index (χ0v) is 15.2. The zero-order valence-electron chi connectivity index (χ0n) is 15.2. The number of alkyl halides is 3. The highest BCUT2D eigenvalue weighted by molar-refractivity contribution is 6.08. The van der Waals surface area contributed by atoms with E-state index in [1.54, 1.807) is 26.0 Å².